The second-order valence-corrected chi connectivity index (χ2v) is 7.38. The SMILES string of the molecule is Cc1ccc(C(C)C)c(OC(C)C(=O)NCc2ccc3c(c2)CNC3)c1.Cl. The van der Waals surface area contributed by atoms with Crippen LogP contribution in [0.2, 0.25) is 0 Å². The lowest BCUT2D eigenvalue weighted by atomic mass is 10.0. The number of carbonyl (C=O) groups excluding carboxylic acids is 1. The Kier molecular flexibility index (Phi) is 7.28. The zero-order valence-electron chi connectivity index (χ0n) is 16.5. The lowest BCUT2D eigenvalue weighted by Gasteiger charge is -2.19. The summed E-state index contributed by atoms with van der Waals surface area (Å²) >= 11 is 0. The van der Waals surface area contributed by atoms with Gasteiger partial charge >= 0.3 is 0 Å². The van der Waals surface area contributed by atoms with E-state index in [-0.39, 0.29) is 18.3 Å². The van der Waals surface area contributed by atoms with Gasteiger partial charge < -0.3 is 15.4 Å². The van der Waals surface area contributed by atoms with Crippen LogP contribution in [-0.2, 0) is 24.4 Å². The number of halogens is 1. The molecular weight excluding hydrogens is 360 g/mol. The van der Waals surface area contributed by atoms with E-state index in [4.69, 9.17) is 4.74 Å². The zero-order valence-corrected chi connectivity index (χ0v) is 17.3. The van der Waals surface area contributed by atoms with Crippen LogP contribution in [0.1, 0.15) is 54.5 Å². The van der Waals surface area contributed by atoms with E-state index in [9.17, 15) is 4.79 Å². The largest absolute Gasteiger partial charge is 0.481 e. The van der Waals surface area contributed by atoms with Gasteiger partial charge in [-0.25, -0.2) is 0 Å². The van der Waals surface area contributed by atoms with Gasteiger partial charge in [0, 0.05) is 19.6 Å². The number of hydrogen-bond acceptors (Lipinski definition) is 3. The molecule has 5 heteroatoms. The minimum atomic E-state index is -0.537. The molecule has 27 heavy (non-hydrogen) atoms. The van der Waals surface area contributed by atoms with E-state index < -0.39 is 6.10 Å². The van der Waals surface area contributed by atoms with Crippen LogP contribution in [0.25, 0.3) is 0 Å². The standard InChI is InChI=1S/C22H28N2O2.ClH/c1-14(2)20-8-5-15(3)9-21(20)26-16(4)22(25)24-11-17-6-7-18-12-23-13-19(18)10-17;/h5-10,14,16,23H,11-13H2,1-4H3,(H,24,25);1H. The monoisotopic (exact) mass is 388 g/mol. The van der Waals surface area contributed by atoms with Crippen LogP contribution < -0.4 is 15.4 Å². The number of aryl methyl sites for hydroxylation is 1. The first-order valence-electron chi connectivity index (χ1n) is 9.30. The van der Waals surface area contributed by atoms with Crippen molar-refractivity contribution in [1.82, 2.24) is 10.6 Å². The fourth-order valence-electron chi connectivity index (χ4n) is 3.26. The third-order valence-corrected chi connectivity index (χ3v) is 4.83. The molecule has 1 aliphatic rings. The molecule has 3 rings (SSSR count). The molecule has 1 heterocycles. The van der Waals surface area contributed by atoms with Crippen molar-refractivity contribution >= 4 is 18.3 Å². The van der Waals surface area contributed by atoms with Crippen molar-refractivity contribution in [1.29, 1.82) is 0 Å². The van der Waals surface area contributed by atoms with Crippen LogP contribution in [-0.4, -0.2) is 12.0 Å². The van der Waals surface area contributed by atoms with E-state index in [0.29, 0.717) is 12.5 Å². The maximum absolute atomic E-state index is 12.5. The number of benzene rings is 2. The third kappa shape index (κ3) is 5.24. The first-order valence-corrected chi connectivity index (χ1v) is 9.30. The second kappa shape index (κ2) is 9.25. The van der Waals surface area contributed by atoms with Crippen molar-refractivity contribution in [3.63, 3.8) is 0 Å². The van der Waals surface area contributed by atoms with E-state index in [1.807, 2.05) is 13.0 Å². The maximum atomic E-state index is 12.5. The molecule has 0 aliphatic carbocycles. The molecule has 0 radical (unpaired) electrons. The number of nitrogens with one attached hydrogen (secondary N) is 2. The summed E-state index contributed by atoms with van der Waals surface area (Å²) in [6.45, 7) is 10.4. The maximum Gasteiger partial charge on any atom is 0.261 e. The Morgan fingerprint density at radius 2 is 1.85 bits per heavy atom. The topological polar surface area (TPSA) is 50.4 Å². The average molecular weight is 389 g/mol. The molecule has 0 fully saturated rings. The van der Waals surface area contributed by atoms with E-state index in [0.717, 1.165) is 35.5 Å². The minimum Gasteiger partial charge on any atom is -0.481 e. The summed E-state index contributed by atoms with van der Waals surface area (Å²) in [4.78, 5) is 12.5. The quantitative estimate of drug-likeness (QED) is 0.778. The Bertz CT molecular complexity index is 805. The van der Waals surface area contributed by atoms with Gasteiger partial charge in [-0.15, -0.1) is 12.4 Å². The van der Waals surface area contributed by atoms with Gasteiger partial charge in [0.1, 0.15) is 5.75 Å². The summed E-state index contributed by atoms with van der Waals surface area (Å²) in [5, 5.41) is 6.33. The normalized spacial score (nSPS) is 13.7. The number of fused-ring (bicyclic) bond motifs is 1. The molecule has 1 atom stereocenters. The summed E-state index contributed by atoms with van der Waals surface area (Å²) < 4.78 is 5.99. The van der Waals surface area contributed by atoms with Gasteiger partial charge in [-0.2, -0.15) is 0 Å². The van der Waals surface area contributed by atoms with E-state index >= 15 is 0 Å². The van der Waals surface area contributed by atoms with Crippen molar-refractivity contribution in [2.45, 2.75) is 59.4 Å². The summed E-state index contributed by atoms with van der Waals surface area (Å²) in [5.74, 6) is 1.05. The molecule has 1 amide bonds. The minimum absolute atomic E-state index is 0. The Labute approximate surface area is 168 Å². The fourth-order valence-corrected chi connectivity index (χ4v) is 3.26. The molecule has 0 spiro atoms. The molecule has 0 saturated heterocycles. The zero-order chi connectivity index (χ0) is 18.7. The lowest BCUT2D eigenvalue weighted by molar-refractivity contribution is -0.127. The highest BCUT2D eigenvalue weighted by atomic mass is 35.5. The van der Waals surface area contributed by atoms with Crippen LogP contribution in [0.3, 0.4) is 0 Å². The number of ether oxygens (including phenoxy) is 1. The van der Waals surface area contributed by atoms with Gasteiger partial charge in [-0.1, -0.05) is 44.2 Å². The van der Waals surface area contributed by atoms with Crippen molar-refractivity contribution in [2.24, 2.45) is 0 Å². The molecule has 0 bridgehead atoms. The first kappa shape index (κ1) is 21.3. The van der Waals surface area contributed by atoms with Gasteiger partial charge in [-0.05, 0) is 53.6 Å². The number of hydrogen-bond donors (Lipinski definition) is 2. The van der Waals surface area contributed by atoms with Crippen molar-refractivity contribution in [3.05, 3.63) is 64.2 Å². The van der Waals surface area contributed by atoms with Gasteiger partial charge in [0.15, 0.2) is 6.10 Å². The first-order chi connectivity index (χ1) is 12.4. The summed E-state index contributed by atoms with van der Waals surface area (Å²) in [7, 11) is 0. The van der Waals surface area contributed by atoms with Crippen LogP contribution in [0, 0.1) is 6.92 Å². The van der Waals surface area contributed by atoms with E-state index in [2.05, 4.69) is 54.8 Å². The van der Waals surface area contributed by atoms with Gasteiger partial charge in [0.05, 0.1) is 0 Å². The molecule has 0 aromatic heterocycles. The average Bonchev–Trinajstić information content (AvgIpc) is 3.07. The highest BCUT2D eigenvalue weighted by molar-refractivity contribution is 5.85. The van der Waals surface area contributed by atoms with Crippen LogP contribution in [0.4, 0.5) is 0 Å². The highest BCUT2D eigenvalue weighted by Crippen LogP contribution is 2.28. The molecule has 2 aromatic carbocycles. The van der Waals surface area contributed by atoms with Crippen molar-refractivity contribution < 1.29 is 9.53 Å². The van der Waals surface area contributed by atoms with Gasteiger partial charge in [0.25, 0.3) is 5.91 Å². The molecule has 146 valence electrons. The Morgan fingerprint density at radius 3 is 2.59 bits per heavy atom. The predicted molar refractivity (Wildman–Crippen MR) is 111 cm³/mol. The second-order valence-electron chi connectivity index (χ2n) is 7.38. The number of carbonyl (C=O) groups is 1. The lowest BCUT2D eigenvalue weighted by Crippen LogP contribution is -2.36. The smallest absolute Gasteiger partial charge is 0.261 e. The molecule has 4 nitrogen and oxygen atoms in total. The third-order valence-electron chi connectivity index (χ3n) is 4.83. The molecule has 0 saturated carbocycles. The summed E-state index contributed by atoms with van der Waals surface area (Å²) in [5.41, 5.74) is 6.04. The molecule has 1 unspecified atom stereocenters. The van der Waals surface area contributed by atoms with Crippen molar-refractivity contribution in [2.75, 3.05) is 0 Å². The molecule has 2 aromatic rings. The Hall–Kier alpha value is -2.04. The predicted octanol–water partition coefficient (Wildman–Crippen LogP) is 4.23. The fraction of sp³-hybridized carbons (Fsp3) is 0.409. The highest BCUT2D eigenvalue weighted by Gasteiger charge is 2.18. The summed E-state index contributed by atoms with van der Waals surface area (Å²) in [6, 6.07) is 12.5. The molecule has 1 aliphatic heterocycles. The van der Waals surface area contributed by atoms with E-state index in [1.54, 1.807) is 6.92 Å². The Morgan fingerprint density at radius 1 is 1.11 bits per heavy atom. The van der Waals surface area contributed by atoms with Crippen LogP contribution >= 0.6 is 12.4 Å². The van der Waals surface area contributed by atoms with Gasteiger partial charge in [-0.3, -0.25) is 4.79 Å². The molecular formula is C22H29ClN2O2. The number of rotatable bonds is 6. The Balaban J connectivity index is 0.00000261. The number of amides is 1. The van der Waals surface area contributed by atoms with Crippen molar-refractivity contribution in [3.8, 4) is 5.75 Å². The summed E-state index contributed by atoms with van der Waals surface area (Å²) in [6.07, 6.45) is -0.537. The van der Waals surface area contributed by atoms with Crippen LogP contribution in [0.15, 0.2) is 36.4 Å². The molecule has 2 N–H and O–H groups in total. The van der Waals surface area contributed by atoms with Gasteiger partial charge in [0.2, 0.25) is 0 Å². The van der Waals surface area contributed by atoms with Crippen LogP contribution in [0.5, 0.6) is 5.75 Å². The van der Waals surface area contributed by atoms with E-state index in [1.165, 1.54) is 11.1 Å².